The Bertz CT molecular complexity index is 1090. The molecule has 1 aromatic heterocycles. The number of carboxylic acids is 1. The second-order valence-corrected chi connectivity index (χ2v) is 8.09. The van der Waals surface area contributed by atoms with Crippen molar-refractivity contribution in [1.29, 1.82) is 0 Å². The van der Waals surface area contributed by atoms with Gasteiger partial charge in [0.1, 0.15) is 24.2 Å². The Morgan fingerprint density at radius 1 is 0.971 bits per heavy atom. The van der Waals surface area contributed by atoms with Crippen molar-refractivity contribution in [3.05, 3.63) is 36.0 Å². The van der Waals surface area contributed by atoms with Gasteiger partial charge in [-0.3, -0.25) is 19.2 Å². The first-order valence-corrected chi connectivity index (χ1v) is 11.1. The van der Waals surface area contributed by atoms with E-state index in [9.17, 15) is 29.1 Å². The zero-order valence-corrected chi connectivity index (χ0v) is 19.5. The molecule has 0 aliphatic carbocycles. The molecule has 4 unspecified atom stereocenters. The molecule has 0 bridgehead atoms. The molecule has 1 aromatic carbocycles. The van der Waals surface area contributed by atoms with Gasteiger partial charge in [-0.25, -0.2) is 4.79 Å². The Morgan fingerprint density at radius 2 is 1.57 bits per heavy atom. The molecule has 4 atom stereocenters. The normalized spacial score (nSPS) is 14.4. The van der Waals surface area contributed by atoms with E-state index < -0.39 is 66.8 Å². The van der Waals surface area contributed by atoms with Crippen molar-refractivity contribution < 1.29 is 34.2 Å². The number of aliphatic hydroxyl groups excluding tert-OH is 1. The molecule has 4 amide bonds. The van der Waals surface area contributed by atoms with E-state index in [0.29, 0.717) is 5.56 Å². The van der Waals surface area contributed by atoms with Gasteiger partial charge < -0.3 is 42.6 Å². The number of aliphatic carboxylic acids is 1. The summed E-state index contributed by atoms with van der Waals surface area (Å²) in [5, 5.41) is 26.2. The lowest BCUT2D eigenvalue weighted by atomic mass is 10.0. The number of fused-ring (bicyclic) bond motifs is 1. The fourth-order valence-electron chi connectivity index (χ4n) is 3.23. The summed E-state index contributed by atoms with van der Waals surface area (Å²) >= 11 is 4.05. The van der Waals surface area contributed by atoms with Gasteiger partial charge in [-0.15, -0.1) is 0 Å². The van der Waals surface area contributed by atoms with Crippen LogP contribution in [0, 0.1) is 0 Å². The lowest BCUT2D eigenvalue weighted by Gasteiger charge is -2.24. The number of nitrogens with two attached hydrogens (primary N) is 2. The van der Waals surface area contributed by atoms with Gasteiger partial charge in [0.15, 0.2) is 0 Å². The molecule has 0 radical (unpaired) electrons. The first-order valence-electron chi connectivity index (χ1n) is 10.5. The summed E-state index contributed by atoms with van der Waals surface area (Å²) in [6.07, 6.45) is 0.949. The van der Waals surface area contributed by atoms with Gasteiger partial charge in [0.05, 0.1) is 13.0 Å². The maximum atomic E-state index is 13.0. The lowest BCUT2D eigenvalue weighted by molar-refractivity contribution is -0.143. The van der Waals surface area contributed by atoms with Crippen LogP contribution < -0.4 is 27.4 Å². The number of aliphatic hydroxyl groups is 1. The molecule has 10 N–H and O–H groups in total. The SMILES string of the molecule is NC(=O)CC(NC(=O)C(Cc1c[nH]c2ccccc12)NC(=O)C(CS)NC(=O)C(N)CO)C(=O)O. The fourth-order valence-corrected chi connectivity index (χ4v) is 3.49. The molecule has 0 aliphatic heterocycles. The number of hydrogen-bond donors (Lipinski definition) is 9. The smallest absolute Gasteiger partial charge is 0.326 e. The van der Waals surface area contributed by atoms with E-state index in [1.54, 1.807) is 18.3 Å². The van der Waals surface area contributed by atoms with E-state index in [1.165, 1.54) is 0 Å². The van der Waals surface area contributed by atoms with E-state index in [-0.39, 0.29) is 12.2 Å². The molecule has 0 saturated heterocycles. The summed E-state index contributed by atoms with van der Waals surface area (Å²) in [5.74, 6) is -5.04. The van der Waals surface area contributed by atoms with E-state index in [0.717, 1.165) is 10.9 Å². The van der Waals surface area contributed by atoms with Crippen molar-refractivity contribution in [2.75, 3.05) is 12.4 Å². The molecule has 0 saturated carbocycles. The van der Waals surface area contributed by atoms with E-state index in [2.05, 4.69) is 33.6 Å². The Morgan fingerprint density at radius 3 is 2.17 bits per heavy atom. The largest absolute Gasteiger partial charge is 0.480 e. The molecular weight excluding hydrogens is 480 g/mol. The second-order valence-electron chi connectivity index (χ2n) is 7.73. The van der Waals surface area contributed by atoms with Crippen LogP contribution in [0.3, 0.4) is 0 Å². The number of carbonyl (C=O) groups is 5. The third-order valence-electron chi connectivity index (χ3n) is 5.10. The quantitative estimate of drug-likeness (QED) is 0.130. The second kappa shape index (κ2) is 12.7. The number of aromatic nitrogens is 1. The summed E-state index contributed by atoms with van der Waals surface area (Å²) in [4.78, 5) is 63.6. The van der Waals surface area contributed by atoms with Gasteiger partial charge >= 0.3 is 5.97 Å². The number of nitrogens with one attached hydrogen (secondary N) is 4. The Hall–Kier alpha value is -3.62. The number of amides is 4. The molecule has 0 fully saturated rings. The van der Waals surface area contributed by atoms with Gasteiger partial charge in [-0.2, -0.15) is 12.6 Å². The van der Waals surface area contributed by atoms with Gasteiger partial charge in [0.2, 0.25) is 23.6 Å². The van der Waals surface area contributed by atoms with Crippen LogP contribution >= 0.6 is 12.6 Å². The first kappa shape index (κ1) is 27.6. The number of primary amides is 1. The van der Waals surface area contributed by atoms with Crippen LogP contribution in [0.15, 0.2) is 30.5 Å². The third kappa shape index (κ3) is 7.70. The Balaban J connectivity index is 2.28. The molecule has 1 heterocycles. The summed E-state index contributed by atoms with van der Waals surface area (Å²) in [6.45, 7) is -0.644. The highest BCUT2D eigenvalue weighted by atomic mass is 32.1. The molecule has 13 nitrogen and oxygen atoms in total. The van der Waals surface area contributed by atoms with Crippen LogP contribution in [0.25, 0.3) is 10.9 Å². The summed E-state index contributed by atoms with van der Waals surface area (Å²) in [7, 11) is 0. The molecule has 14 heteroatoms. The lowest BCUT2D eigenvalue weighted by Crippen LogP contribution is -2.58. The maximum Gasteiger partial charge on any atom is 0.326 e. The van der Waals surface area contributed by atoms with Crippen LogP contribution in [0.4, 0.5) is 0 Å². The number of aromatic amines is 1. The van der Waals surface area contributed by atoms with Crippen molar-refractivity contribution >= 4 is 53.1 Å². The van der Waals surface area contributed by atoms with E-state index in [1.807, 2.05) is 12.1 Å². The number of rotatable bonds is 13. The average Bonchev–Trinajstić information content (AvgIpc) is 3.23. The molecule has 0 aliphatic rings. The Labute approximate surface area is 205 Å². The van der Waals surface area contributed by atoms with Gasteiger partial charge in [-0.1, -0.05) is 18.2 Å². The molecule has 190 valence electrons. The summed E-state index contributed by atoms with van der Waals surface area (Å²) < 4.78 is 0. The number of para-hydroxylation sites is 1. The molecule has 2 aromatic rings. The van der Waals surface area contributed by atoms with Crippen molar-refractivity contribution in [1.82, 2.24) is 20.9 Å². The van der Waals surface area contributed by atoms with E-state index >= 15 is 0 Å². The van der Waals surface area contributed by atoms with Crippen LogP contribution in [0.2, 0.25) is 0 Å². The van der Waals surface area contributed by atoms with Crippen molar-refractivity contribution in [2.24, 2.45) is 11.5 Å². The minimum Gasteiger partial charge on any atom is -0.480 e. The zero-order chi connectivity index (χ0) is 26.1. The zero-order valence-electron chi connectivity index (χ0n) is 18.6. The molecule has 0 spiro atoms. The summed E-state index contributed by atoms with van der Waals surface area (Å²) in [5.41, 5.74) is 12.0. The topological polar surface area (TPSA) is 230 Å². The van der Waals surface area contributed by atoms with Crippen molar-refractivity contribution in [3.8, 4) is 0 Å². The van der Waals surface area contributed by atoms with E-state index in [4.69, 9.17) is 16.6 Å². The van der Waals surface area contributed by atoms with Crippen molar-refractivity contribution in [3.63, 3.8) is 0 Å². The number of hydrogen-bond acceptors (Lipinski definition) is 8. The predicted octanol–water partition coefficient (Wildman–Crippen LogP) is -2.63. The minimum absolute atomic E-state index is 0.0477. The van der Waals surface area contributed by atoms with Gasteiger partial charge in [0.25, 0.3) is 0 Å². The van der Waals surface area contributed by atoms with Crippen LogP contribution in [0.1, 0.15) is 12.0 Å². The van der Waals surface area contributed by atoms with Crippen LogP contribution in [0.5, 0.6) is 0 Å². The Kier molecular flexibility index (Phi) is 10.1. The average molecular weight is 509 g/mol. The highest BCUT2D eigenvalue weighted by Gasteiger charge is 2.31. The first-order chi connectivity index (χ1) is 16.6. The number of carbonyl (C=O) groups excluding carboxylic acids is 4. The maximum absolute atomic E-state index is 13.0. The van der Waals surface area contributed by atoms with Gasteiger partial charge in [0, 0.05) is 29.3 Å². The molecule has 35 heavy (non-hydrogen) atoms. The van der Waals surface area contributed by atoms with Crippen LogP contribution in [-0.4, -0.2) is 81.3 Å². The predicted molar refractivity (Wildman–Crippen MR) is 128 cm³/mol. The monoisotopic (exact) mass is 508 g/mol. The molecular formula is C21H28N6O7S. The van der Waals surface area contributed by atoms with Crippen molar-refractivity contribution in [2.45, 2.75) is 37.0 Å². The number of thiol groups is 1. The highest BCUT2D eigenvalue weighted by molar-refractivity contribution is 7.80. The fraction of sp³-hybridized carbons (Fsp3) is 0.381. The number of H-pyrrole nitrogens is 1. The third-order valence-corrected chi connectivity index (χ3v) is 5.47. The highest BCUT2D eigenvalue weighted by Crippen LogP contribution is 2.19. The summed E-state index contributed by atoms with van der Waals surface area (Å²) in [6, 6.07) is 1.86. The standard InChI is InChI=1S/C21H28N6O7S/c22-12(8-28)18(30)27-16(9-35)20(32)25-14(19(31)26-15(21(33)34)6-17(23)29)5-10-7-24-13-4-2-1-3-11(10)13/h1-4,7,12,14-16,24,28,35H,5-6,8-9,22H2,(H2,23,29)(H,25,32)(H,26,31)(H,27,30)(H,33,34). The number of benzene rings is 1. The minimum atomic E-state index is -1.61. The molecule has 2 rings (SSSR count). The van der Waals surface area contributed by atoms with Gasteiger partial charge in [-0.05, 0) is 11.6 Å². The number of carboxylic acid groups (broad SMARTS) is 1. The van der Waals surface area contributed by atoms with Crippen LogP contribution in [-0.2, 0) is 30.4 Å².